The lowest BCUT2D eigenvalue weighted by Crippen LogP contribution is -2.42. The minimum atomic E-state index is 0.142. The largest absolute Gasteiger partial charge is 0.378 e. The molecule has 2 heterocycles. The summed E-state index contributed by atoms with van der Waals surface area (Å²) in [6, 6.07) is 0. The summed E-state index contributed by atoms with van der Waals surface area (Å²) in [5.41, 5.74) is 2.04. The Bertz CT molecular complexity index is 381. The molecule has 1 aliphatic heterocycles. The van der Waals surface area contributed by atoms with Crippen molar-refractivity contribution in [1.82, 2.24) is 14.5 Å². The maximum atomic E-state index is 12.0. The Balaban J connectivity index is 1.98. The summed E-state index contributed by atoms with van der Waals surface area (Å²) in [6.45, 7) is 7.01. The molecular weight excluding hydrogens is 206 g/mol. The summed E-state index contributed by atoms with van der Waals surface area (Å²) in [7, 11) is 0. The summed E-state index contributed by atoms with van der Waals surface area (Å²) in [5, 5.41) is 0. The van der Waals surface area contributed by atoms with Crippen LogP contribution in [0.4, 0.5) is 0 Å². The molecule has 1 aliphatic rings. The van der Waals surface area contributed by atoms with Gasteiger partial charge in [-0.3, -0.25) is 4.79 Å². The maximum Gasteiger partial charge on any atom is 0.242 e. The zero-order valence-corrected chi connectivity index (χ0v) is 9.77. The van der Waals surface area contributed by atoms with E-state index in [9.17, 15) is 4.79 Å². The molecule has 0 atom stereocenters. The molecule has 1 fully saturated rings. The van der Waals surface area contributed by atoms with E-state index in [1.807, 2.05) is 23.3 Å². The Morgan fingerprint density at radius 1 is 1.44 bits per heavy atom. The Morgan fingerprint density at radius 3 is 2.69 bits per heavy atom. The first-order valence-corrected chi connectivity index (χ1v) is 5.52. The van der Waals surface area contributed by atoms with E-state index < -0.39 is 0 Å². The molecule has 1 amide bonds. The third-order valence-corrected chi connectivity index (χ3v) is 3.01. The van der Waals surface area contributed by atoms with Crippen LogP contribution in [0, 0.1) is 13.8 Å². The fraction of sp³-hybridized carbons (Fsp3) is 0.636. The monoisotopic (exact) mass is 223 g/mol. The summed E-state index contributed by atoms with van der Waals surface area (Å²) < 4.78 is 7.11. The molecule has 1 aromatic heterocycles. The number of amides is 1. The molecule has 0 bridgehead atoms. The third kappa shape index (κ3) is 2.24. The molecular formula is C11H17N3O2. The van der Waals surface area contributed by atoms with Crippen molar-refractivity contribution in [2.24, 2.45) is 0 Å². The number of nitrogens with zero attached hydrogens (tertiary/aromatic N) is 3. The molecule has 0 unspecified atom stereocenters. The number of hydrogen-bond acceptors (Lipinski definition) is 3. The Morgan fingerprint density at radius 2 is 2.12 bits per heavy atom. The lowest BCUT2D eigenvalue weighted by atomic mass is 10.3. The third-order valence-electron chi connectivity index (χ3n) is 3.01. The number of carbonyl (C=O) groups excluding carboxylic acids is 1. The van der Waals surface area contributed by atoms with Crippen LogP contribution in [0.3, 0.4) is 0 Å². The Kier molecular flexibility index (Phi) is 3.24. The number of imidazole rings is 1. The molecule has 5 heteroatoms. The number of aryl methyl sites for hydroxylation is 1. The van der Waals surface area contributed by atoms with Crippen molar-refractivity contribution in [3.8, 4) is 0 Å². The number of ether oxygens (including phenoxy) is 1. The van der Waals surface area contributed by atoms with Crippen LogP contribution < -0.4 is 0 Å². The Hall–Kier alpha value is -1.36. The lowest BCUT2D eigenvalue weighted by molar-refractivity contribution is -0.135. The summed E-state index contributed by atoms with van der Waals surface area (Å²) in [4.78, 5) is 18.0. The highest BCUT2D eigenvalue weighted by Gasteiger charge is 2.17. The average molecular weight is 223 g/mol. The van der Waals surface area contributed by atoms with Crippen molar-refractivity contribution in [3.05, 3.63) is 17.7 Å². The van der Waals surface area contributed by atoms with Crippen LogP contribution in [0.2, 0.25) is 0 Å². The van der Waals surface area contributed by atoms with Crippen molar-refractivity contribution in [2.75, 3.05) is 26.3 Å². The van der Waals surface area contributed by atoms with Gasteiger partial charge in [-0.25, -0.2) is 4.98 Å². The van der Waals surface area contributed by atoms with E-state index in [-0.39, 0.29) is 5.91 Å². The molecule has 0 N–H and O–H groups in total. The van der Waals surface area contributed by atoms with Crippen molar-refractivity contribution in [2.45, 2.75) is 20.4 Å². The van der Waals surface area contributed by atoms with E-state index in [2.05, 4.69) is 4.98 Å². The molecule has 0 radical (unpaired) electrons. The van der Waals surface area contributed by atoms with Gasteiger partial charge in [0.2, 0.25) is 5.91 Å². The number of hydrogen-bond donors (Lipinski definition) is 0. The molecule has 0 aliphatic carbocycles. The van der Waals surface area contributed by atoms with E-state index >= 15 is 0 Å². The molecule has 1 aromatic rings. The highest BCUT2D eigenvalue weighted by molar-refractivity contribution is 5.76. The van der Waals surface area contributed by atoms with Gasteiger partial charge in [-0.2, -0.15) is 0 Å². The normalized spacial score (nSPS) is 16.5. The van der Waals surface area contributed by atoms with E-state index in [4.69, 9.17) is 4.74 Å². The van der Waals surface area contributed by atoms with Gasteiger partial charge in [0.05, 0.1) is 25.2 Å². The second-order valence-corrected chi connectivity index (χ2v) is 4.04. The van der Waals surface area contributed by atoms with Gasteiger partial charge < -0.3 is 14.2 Å². The molecule has 5 nitrogen and oxygen atoms in total. The van der Waals surface area contributed by atoms with Gasteiger partial charge in [-0.15, -0.1) is 0 Å². The summed E-state index contributed by atoms with van der Waals surface area (Å²) >= 11 is 0. The second-order valence-electron chi connectivity index (χ2n) is 4.04. The average Bonchev–Trinajstić information content (AvgIpc) is 2.62. The van der Waals surface area contributed by atoms with Gasteiger partial charge >= 0.3 is 0 Å². The Labute approximate surface area is 95.0 Å². The van der Waals surface area contributed by atoms with Crippen molar-refractivity contribution >= 4 is 5.91 Å². The van der Waals surface area contributed by atoms with Crippen LogP contribution in [0.15, 0.2) is 6.33 Å². The van der Waals surface area contributed by atoms with E-state index in [1.165, 1.54) is 0 Å². The van der Waals surface area contributed by atoms with Gasteiger partial charge in [0.1, 0.15) is 6.54 Å². The number of aromatic nitrogens is 2. The first kappa shape index (κ1) is 11.1. The van der Waals surface area contributed by atoms with E-state index in [1.54, 1.807) is 6.33 Å². The number of morpholine rings is 1. The van der Waals surface area contributed by atoms with Gasteiger partial charge in [0.15, 0.2) is 0 Å². The first-order chi connectivity index (χ1) is 7.68. The van der Waals surface area contributed by atoms with Gasteiger partial charge in [0.25, 0.3) is 0 Å². The predicted octanol–water partition coefficient (Wildman–Crippen LogP) is 0.359. The lowest BCUT2D eigenvalue weighted by Gasteiger charge is -2.27. The standard InChI is InChI=1S/C11H17N3O2/c1-9-10(2)14(8-12-9)7-11(15)13-3-5-16-6-4-13/h8H,3-7H2,1-2H3. The molecule has 16 heavy (non-hydrogen) atoms. The van der Waals surface area contributed by atoms with Gasteiger partial charge in [-0.05, 0) is 13.8 Å². The van der Waals surface area contributed by atoms with Crippen LogP contribution in [-0.4, -0.2) is 46.7 Å². The van der Waals surface area contributed by atoms with Crippen molar-refractivity contribution in [1.29, 1.82) is 0 Å². The van der Waals surface area contributed by atoms with Crippen molar-refractivity contribution in [3.63, 3.8) is 0 Å². The summed E-state index contributed by atoms with van der Waals surface area (Å²) in [5.74, 6) is 0.142. The topological polar surface area (TPSA) is 47.4 Å². The predicted molar refractivity (Wildman–Crippen MR) is 59.1 cm³/mol. The van der Waals surface area contributed by atoms with Crippen LogP contribution in [0.5, 0.6) is 0 Å². The quantitative estimate of drug-likeness (QED) is 0.727. The van der Waals surface area contributed by atoms with E-state index in [0.29, 0.717) is 32.8 Å². The highest BCUT2D eigenvalue weighted by atomic mass is 16.5. The van der Waals surface area contributed by atoms with Crippen molar-refractivity contribution < 1.29 is 9.53 Å². The zero-order chi connectivity index (χ0) is 11.5. The molecule has 0 aromatic carbocycles. The number of carbonyl (C=O) groups is 1. The molecule has 88 valence electrons. The summed E-state index contributed by atoms with van der Waals surface area (Å²) in [6.07, 6.45) is 1.73. The van der Waals surface area contributed by atoms with E-state index in [0.717, 1.165) is 11.4 Å². The first-order valence-electron chi connectivity index (χ1n) is 5.52. The molecule has 0 spiro atoms. The highest BCUT2D eigenvalue weighted by Crippen LogP contribution is 2.06. The minimum Gasteiger partial charge on any atom is -0.378 e. The SMILES string of the molecule is Cc1ncn(CC(=O)N2CCOCC2)c1C. The molecule has 1 saturated heterocycles. The van der Waals surface area contributed by atoms with Gasteiger partial charge in [0, 0.05) is 18.8 Å². The van der Waals surface area contributed by atoms with Crippen LogP contribution in [0.1, 0.15) is 11.4 Å². The van der Waals surface area contributed by atoms with Gasteiger partial charge in [-0.1, -0.05) is 0 Å². The molecule has 0 saturated carbocycles. The minimum absolute atomic E-state index is 0.142. The van der Waals surface area contributed by atoms with Crippen LogP contribution >= 0.6 is 0 Å². The maximum absolute atomic E-state index is 12.0. The zero-order valence-electron chi connectivity index (χ0n) is 9.77. The fourth-order valence-corrected chi connectivity index (χ4v) is 1.76. The molecule has 2 rings (SSSR count). The van der Waals surface area contributed by atoms with Crippen LogP contribution in [0.25, 0.3) is 0 Å². The smallest absolute Gasteiger partial charge is 0.242 e. The second kappa shape index (κ2) is 4.65. The number of rotatable bonds is 2. The van der Waals surface area contributed by atoms with Crippen LogP contribution in [-0.2, 0) is 16.1 Å². The fourth-order valence-electron chi connectivity index (χ4n) is 1.76.